The van der Waals surface area contributed by atoms with Crippen LogP contribution >= 0.6 is 0 Å². The highest BCUT2D eigenvalue weighted by molar-refractivity contribution is 5.71. The van der Waals surface area contributed by atoms with Crippen molar-refractivity contribution in [2.24, 2.45) is 0 Å². The van der Waals surface area contributed by atoms with Gasteiger partial charge >= 0.3 is 17.9 Å². The van der Waals surface area contributed by atoms with E-state index >= 15 is 0 Å². The highest BCUT2D eigenvalue weighted by Gasteiger charge is 2.19. The van der Waals surface area contributed by atoms with E-state index in [-0.39, 0.29) is 44.0 Å². The van der Waals surface area contributed by atoms with Crippen LogP contribution in [0.1, 0.15) is 252 Å². The number of hydrogen-bond acceptors (Lipinski definition) is 6. The summed E-state index contributed by atoms with van der Waals surface area (Å²) < 4.78 is 16.7. The molecule has 0 spiro atoms. The quantitative estimate of drug-likeness (QED) is 0.0262. The monoisotopic (exact) mass is 931 g/mol. The molecule has 0 aliphatic carbocycles. The second-order valence-corrected chi connectivity index (χ2v) is 18.1. The third-order valence-electron chi connectivity index (χ3n) is 11.5. The van der Waals surface area contributed by atoms with Crippen molar-refractivity contribution in [3.8, 4) is 0 Å². The average molecular weight is 931 g/mol. The van der Waals surface area contributed by atoms with E-state index in [4.69, 9.17) is 14.2 Å². The van der Waals surface area contributed by atoms with Gasteiger partial charge in [-0.15, -0.1) is 0 Å². The summed E-state index contributed by atoms with van der Waals surface area (Å²) in [7, 11) is 0. The summed E-state index contributed by atoms with van der Waals surface area (Å²) in [6, 6.07) is 0. The van der Waals surface area contributed by atoms with Crippen LogP contribution in [0.2, 0.25) is 0 Å². The van der Waals surface area contributed by atoms with Crippen LogP contribution in [0.5, 0.6) is 0 Å². The van der Waals surface area contributed by atoms with Crippen LogP contribution in [0.3, 0.4) is 0 Å². The molecule has 1 atom stereocenters. The van der Waals surface area contributed by atoms with E-state index in [1.54, 1.807) is 0 Å². The van der Waals surface area contributed by atoms with Gasteiger partial charge in [0.1, 0.15) is 13.2 Å². The van der Waals surface area contributed by atoms with Crippen LogP contribution in [0.4, 0.5) is 0 Å². The van der Waals surface area contributed by atoms with Crippen molar-refractivity contribution < 1.29 is 28.6 Å². The number of allylic oxidation sites excluding steroid dienone is 16. The molecule has 0 radical (unpaired) electrons. The highest BCUT2D eigenvalue weighted by atomic mass is 16.6. The summed E-state index contributed by atoms with van der Waals surface area (Å²) in [5.41, 5.74) is 0. The van der Waals surface area contributed by atoms with Gasteiger partial charge < -0.3 is 14.2 Å². The Morgan fingerprint density at radius 3 is 0.925 bits per heavy atom. The Bertz CT molecular complexity index is 1350. The Morgan fingerprint density at radius 1 is 0.299 bits per heavy atom. The molecule has 0 N–H and O–H groups in total. The van der Waals surface area contributed by atoms with Crippen molar-refractivity contribution in [2.75, 3.05) is 13.2 Å². The second kappa shape index (κ2) is 54.9. The molecule has 0 amide bonds. The van der Waals surface area contributed by atoms with E-state index in [1.165, 1.54) is 122 Å². The van der Waals surface area contributed by atoms with Crippen LogP contribution in [0.25, 0.3) is 0 Å². The summed E-state index contributed by atoms with van der Waals surface area (Å²) in [5.74, 6) is -1.04. The fourth-order valence-corrected chi connectivity index (χ4v) is 7.33. The van der Waals surface area contributed by atoms with Gasteiger partial charge in [0.25, 0.3) is 0 Å². The Kier molecular flexibility index (Phi) is 51.9. The molecule has 0 rings (SSSR count). The highest BCUT2D eigenvalue weighted by Crippen LogP contribution is 2.13. The predicted molar refractivity (Wildman–Crippen MR) is 288 cm³/mol. The predicted octanol–water partition coefficient (Wildman–Crippen LogP) is 18.5. The zero-order chi connectivity index (χ0) is 48.6. The number of carbonyl (C=O) groups excluding carboxylic acids is 3. The van der Waals surface area contributed by atoms with Crippen molar-refractivity contribution in [3.05, 3.63) is 97.2 Å². The van der Waals surface area contributed by atoms with E-state index in [0.717, 1.165) is 77.0 Å². The van der Waals surface area contributed by atoms with Crippen LogP contribution < -0.4 is 0 Å². The van der Waals surface area contributed by atoms with E-state index in [1.807, 2.05) is 0 Å². The van der Waals surface area contributed by atoms with E-state index < -0.39 is 6.10 Å². The first kappa shape index (κ1) is 63.3. The van der Waals surface area contributed by atoms with E-state index in [2.05, 4.69) is 118 Å². The molecule has 0 aliphatic rings. The van der Waals surface area contributed by atoms with Gasteiger partial charge in [0, 0.05) is 19.3 Å². The summed E-state index contributed by atoms with van der Waals surface area (Å²) in [4.78, 5) is 38.0. The van der Waals surface area contributed by atoms with Gasteiger partial charge in [-0.3, -0.25) is 14.4 Å². The molecule has 0 saturated heterocycles. The van der Waals surface area contributed by atoms with Crippen molar-refractivity contribution in [2.45, 2.75) is 258 Å². The topological polar surface area (TPSA) is 78.9 Å². The molecule has 6 nitrogen and oxygen atoms in total. The van der Waals surface area contributed by atoms with Crippen molar-refractivity contribution >= 4 is 17.9 Å². The summed E-state index contributed by atoms with van der Waals surface area (Å²) in [5, 5.41) is 0. The molecule has 0 fully saturated rings. The maximum Gasteiger partial charge on any atom is 0.306 e. The molecule has 0 unspecified atom stereocenters. The van der Waals surface area contributed by atoms with Crippen LogP contribution in [0, 0.1) is 0 Å². The smallest absolute Gasteiger partial charge is 0.306 e. The van der Waals surface area contributed by atoms with Gasteiger partial charge in [-0.05, 0) is 116 Å². The number of carbonyl (C=O) groups is 3. The Morgan fingerprint density at radius 2 is 0.552 bits per heavy atom. The lowest BCUT2D eigenvalue weighted by Crippen LogP contribution is -2.30. The number of unbranched alkanes of at least 4 members (excludes halogenated alkanes) is 22. The molecule has 0 aliphatic heterocycles. The number of ether oxygens (including phenoxy) is 3. The Labute approximate surface area is 413 Å². The summed E-state index contributed by atoms with van der Waals surface area (Å²) in [6.07, 6.45) is 72.6. The molecule has 0 bridgehead atoms. The zero-order valence-electron chi connectivity index (χ0n) is 43.6. The largest absolute Gasteiger partial charge is 0.462 e. The summed E-state index contributed by atoms with van der Waals surface area (Å²) >= 11 is 0. The van der Waals surface area contributed by atoms with Gasteiger partial charge in [-0.2, -0.15) is 0 Å². The lowest BCUT2D eigenvalue weighted by atomic mass is 10.1. The average Bonchev–Trinajstić information content (AvgIpc) is 3.33. The Balaban J connectivity index is 4.56. The van der Waals surface area contributed by atoms with Crippen molar-refractivity contribution in [3.63, 3.8) is 0 Å². The lowest BCUT2D eigenvalue weighted by molar-refractivity contribution is -0.167. The molecule has 0 aromatic carbocycles. The maximum atomic E-state index is 12.8. The minimum Gasteiger partial charge on any atom is -0.462 e. The third-order valence-corrected chi connectivity index (χ3v) is 11.5. The SMILES string of the molecule is CCCCC/C=C\C/C=C\C/C=C\C/C=C\CCCC(=O)OC[C@H](COC(=O)CCC/C=C\C/C=C\C/C=C\CCCCCCCC)OC(=O)CCCCCCC/C=C\CCCCCCCC. The molecule has 382 valence electrons. The third kappa shape index (κ3) is 53.2. The number of hydrogen-bond donors (Lipinski definition) is 0. The lowest BCUT2D eigenvalue weighted by Gasteiger charge is -2.18. The normalized spacial score (nSPS) is 12.8. The molecule has 6 heteroatoms. The van der Waals surface area contributed by atoms with Gasteiger partial charge in [-0.1, -0.05) is 214 Å². The van der Waals surface area contributed by atoms with Crippen LogP contribution in [0.15, 0.2) is 97.2 Å². The molecule has 0 aromatic rings. The molecule has 0 aromatic heterocycles. The van der Waals surface area contributed by atoms with Gasteiger partial charge in [0.15, 0.2) is 6.10 Å². The van der Waals surface area contributed by atoms with Gasteiger partial charge in [-0.25, -0.2) is 0 Å². The van der Waals surface area contributed by atoms with Crippen molar-refractivity contribution in [1.82, 2.24) is 0 Å². The second-order valence-electron chi connectivity index (χ2n) is 18.1. The Hall–Kier alpha value is -3.67. The zero-order valence-corrected chi connectivity index (χ0v) is 43.6. The van der Waals surface area contributed by atoms with Gasteiger partial charge in [0.2, 0.25) is 0 Å². The van der Waals surface area contributed by atoms with Gasteiger partial charge in [0.05, 0.1) is 0 Å². The fraction of sp³-hybridized carbons (Fsp3) is 0.689. The standard InChI is InChI=1S/C61H102O6/c1-4-7-10-13-16-19-22-25-28-30-33-35-38-41-44-47-50-53-59(62)65-56-58(67-61(64)55-52-49-46-43-40-37-32-27-24-21-18-15-12-9-6-3)57-66-60(63)54-51-48-45-42-39-36-34-31-29-26-23-20-17-14-11-8-5-2/h16,19,25-29,32-36,41-42,44-45,58H,4-15,17-18,20-24,30-31,37-40,43,46-57H2,1-3H3/b19-16-,28-25-,29-26-,32-27-,35-33-,36-34-,44-41-,45-42-/t58-/m1/s1. The molecule has 0 saturated carbocycles. The molecule has 67 heavy (non-hydrogen) atoms. The first-order chi connectivity index (χ1) is 33.0. The maximum absolute atomic E-state index is 12.8. The number of rotatable bonds is 49. The van der Waals surface area contributed by atoms with Crippen LogP contribution in [-0.4, -0.2) is 37.2 Å². The minimum absolute atomic E-state index is 0.125. The molecular weight excluding hydrogens is 829 g/mol. The van der Waals surface area contributed by atoms with E-state index in [0.29, 0.717) is 19.3 Å². The first-order valence-corrected chi connectivity index (χ1v) is 27.7. The molecule has 0 heterocycles. The molecular formula is C61H102O6. The van der Waals surface area contributed by atoms with E-state index in [9.17, 15) is 14.4 Å². The van der Waals surface area contributed by atoms with Crippen LogP contribution in [-0.2, 0) is 28.6 Å². The minimum atomic E-state index is -0.825. The first-order valence-electron chi connectivity index (χ1n) is 27.7. The van der Waals surface area contributed by atoms with Crippen molar-refractivity contribution in [1.29, 1.82) is 0 Å². The fourth-order valence-electron chi connectivity index (χ4n) is 7.33. The number of esters is 3. The summed E-state index contributed by atoms with van der Waals surface area (Å²) in [6.45, 7) is 6.50.